The molecule has 7 heteroatoms. The number of hydrogen-bond acceptors (Lipinski definition) is 5. The third-order valence-electron chi connectivity index (χ3n) is 4.10. The summed E-state index contributed by atoms with van der Waals surface area (Å²) in [6.07, 6.45) is 1.57. The first kappa shape index (κ1) is 14.7. The number of nitro benzene ring substituents is 1. The Balaban J connectivity index is 1.69. The number of nitrogens with zero attached hydrogens (tertiary/aromatic N) is 2. The number of benzene rings is 1. The van der Waals surface area contributed by atoms with Gasteiger partial charge in [0.2, 0.25) is 0 Å². The van der Waals surface area contributed by atoms with Gasteiger partial charge in [-0.25, -0.2) is 0 Å². The van der Waals surface area contributed by atoms with E-state index in [1.54, 1.807) is 12.1 Å². The van der Waals surface area contributed by atoms with E-state index < -0.39 is 5.79 Å². The number of halogens is 1. The molecule has 0 aliphatic carbocycles. The van der Waals surface area contributed by atoms with Crippen molar-refractivity contribution in [2.45, 2.75) is 25.2 Å². The van der Waals surface area contributed by atoms with Crippen LogP contribution in [0.1, 0.15) is 18.4 Å². The van der Waals surface area contributed by atoms with E-state index in [1.807, 2.05) is 0 Å². The van der Waals surface area contributed by atoms with Gasteiger partial charge in [0, 0.05) is 38.5 Å². The topological polar surface area (TPSA) is 64.8 Å². The Morgan fingerprint density at radius 1 is 1.29 bits per heavy atom. The third kappa shape index (κ3) is 3.03. The van der Waals surface area contributed by atoms with Crippen molar-refractivity contribution in [3.63, 3.8) is 0 Å². The number of rotatable bonds is 3. The minimum absolute atomic E-state index is 0.0798. The fourth-order valence-corrected chi connectivity index (χ4v) is 3.17. The van der Waals surface area contributed by atoms with Crippen LogP contribution >= 0.6 is 11.6 Å². The van der Waals surface area contributed by atoms with Crippen LogP contribution in [-0.4, -0.2) is 41.9 Å². The van der Waals surface area contributed by atoms with Crippen LogP contribution in [0.5, 0.6) is 0 Å². The quantitative estimate of drug-likeness (QED) is 0.634. The lowest BCUT2D eigenvalue weighted by Crippen LogP contribution is -2.44. The van der Waals surface area contributed by atoms with E-state index in [0.717, 1.165) is 25.9 Å². The van der Waals surface area contributed by atoms with Crippen molar-refractivity contribution in [1.29, 1.82) is 0 Å². The van der Waals surface area contributed by atoms with Crippen molar-refractivity contribution < 1.29 is 14.4 Å². The summed E-state index contributed by atoms with van der Waals surface area (Å²) in [4.78, 5) is 12.9. The number of hydrogen-bond donors (Lipinski definition) is 0. The fourth-order valence-electron chi connectivity index (χ4n) is 2.94. The van der Waals surface area contributed by atoms with Crippen molar-refractivity contribution in [2.24, 2.45) is 0 Å². The molecule has 0 bridgehead atoms. The Morgan fingerprint density at radius 2 is 1.95 bits per heavy atom. The Labute approximate surface area is 127 Å². The predicted molar refractivity (Wildman–Crippen MR) is 77.3 cm³/mol. The molecule has 0 saturated carbocycles. The van der Waals surface area contributed by atoms with E-state index >= 15 is 0 Å². The van der Waals surface area contributed by atoms with Crippen molar-refractivity contribution in [3.05, 3.63) is 38.9 Å². The van der Waals surface area contributed by atoms with Crippen LogP contribution in [0.2, 0.25) is 5.02 Å². The number of nitro groups is 1. The maximum atomic E-state index is 11.1. The largest absolute Gasteiger partial charge is 0.347 e. The molecule has 2 aliphatic heterocycles. The van der Waals surface area contributed by atoms with Gasteiger partial charge in [-0.15, -0.1) is 0 Å². The SMILES string of the molecule is O=[N+]([O-])c1cccc(Cl)c1CN1CCC2(CC1)OCCO2. The summed E-state index contributed by atoms with van der Waals surface area (Å²) in [6.45, 7) is 3.34. The standard InChI is InChI=1S/C14H17ClN2O4/c15-12-2-1-3-13(17(18)19)11(12)10-16-6-4-14(5-7-16)20-8-9-21-14/h1-3H,4-10H2. The maximum absolute atomic E-state index is 11.1. The van der Waals surface area contributed by atoms with Gasteiger partial charge in [0.15, 0.2) is 5.79 Å². The molecule has 1 aromatic rings. The van der Waals surface area contributed by atoms with E-state index in [1.165, 1.54) is 6.07 Å². The van der Waals surface area contributed by atoms with E-state index in [9.17, 15) is 10.1 Å². The molecule has 0 unspecified atom stereocenters. The molecule has 21 heavy (non-hydrogen) atoms. The van der Waals surface area contributed by atoms with Crippen LogP contribution in [-0.2, 0) is 16.0 Å². The molecule has 0 amide bonds. The molecular weight excluding hydrogens is 296 g/mol. The van der Waals surface area contributed by atoms with E-state index in [-0.39, 0.29) is 10.6 Å². The van der Waals surface area contributed by atoms with E-state index in [4.69, 9.17) is 21.1 Å². The van der Waals surface area contributed by atoms with Gasteiger partial charge in [0.1, 0.15) is 0 Å². The molecule has 2 saturated heterocycles. The lowest BCUT2D eigenvalue weighted by molar-refractivity contribution is -0.385. The van der Waals surface area contributed by atoms with Gasteiger partial charge >= 0.3 is 0 Å². The van der Waals surface area contributed by atoms with Crippen molar-refractivity contribution in [1.82, 2.24) is 4.90 Å². The van der Waals surface area contributed by atoms with Crippen molar-refractivity contribution in [2.75, 3.05) is 26.3 Å². The molecule has 114 valence electrons. The minimum Gasteiger partial charge on any atom is -0.347 e. The Morgan fingerprint density at radius 3 is 2.57 bits per heavy atom. The molecule has 1 spiro atoms. The Bertz CT molecular complexity index is 536. The number of ether oxygens (including phenoxy) is 2. The maximum Gasteiger partial charge on any atom is 0.275 e. The van der Waals surface area contributed by atoms with Crippen LogP contribution < -0.4 is 0 Å². The molecule has 6 nitrogen and oxygen atoms in total. The van der Waals surface area contributed by atoms with Gasteiger partial charge in [-0.1, -0.05) is 17.7 Å². The summed E-state index contributed by atoms with van der Waals surface area (Å²) in [5, 5.41) is 11.6. The highest BCUT2D eigenvalue weighted by molar-refractivity contribution is 6.31. The van der Waals surface area contributed by atoms with Crippen LogP contribution in [0.3, 0.4) is 0 Å². The zero-order valence-electron chi connectivity index (χ0n) is 11.6. The normalized spacial score (nSPS) is 21.8. The molecular formula is C14H17ClN2O4. The second-order valence-corrected chi connectivity index (χ2v) is 5.79. The lowest BCUT2D eigenvalue weighted by Gasteiger charge is -2.37. The summed E-state index contributed by atoms with van der Waals surface area (Å²) < 4.78 is 11.4. The first-order valence-electron chi connectivity index (χ1n) is 7.02. The first-order valence-corrected chi connectivity index (χ1v) is 7.39. The summed E-state index contributed by atoms with van der Waals surface area (Å²) in [7, 11) is 0. The van der Waals surface area contributed by atoms with Crippen molar-refractivity contribution in [3.8, 4) is 0 Å². The van der Waals surface area contributed by atoms with E-state index in [0.29, 0.717) is 30.3 Å². The van der Waals surface area contributed by atoms with Crippen LogP contribution in [0.25, 0.3) is 0 Å². The van der Waals surface area contributed by atoms with Gasteiger partial charge < -0.3 is 9.47 Å². The van der Waals surface area contributed by atoms with Crippen LogP contribution in [0, 0.1) is 10.1 Å². The summed E-state index contributed by atoms with van der Waals surface area (Å²) >= 11 is 6.13. The first-order chi connectivity index (χ1) is 10.1. The van der Waals surface area contributed by atoms with Gasteiger partial charge in [-0.05, 0) is 6.07 Å². The Hall–Kier alpha value is -1.21. The summed E-state index contributed by atoms with van der Waals surface area (Å²) in [5.74, 6) is -0.428. The molecule has 0 N–H and O–H groups in total. The summed E-state index contributed by atoms with van der Waals surface area (Å²) in [6, 6.07) is 4.80. The lowest BCUT2D eigenvalue weighted by atomic mass is 10.0. The fraction of sp³-hybridized carbons (Fsp3) is 0.571. The van der Waals surface area contributed by atoms with Crippen LogP contribution in [0.15, 0.2) is 18.2 Å². The highest BCUT2D eigenvalue weighted by Gasteiger charge is 2.40. The minimum atomic E-state index is -0.428. The molecule has 0 radical (unpaired) electrons. The highest BCUT2D eigenvalue weighted by atomic mass is 35.5. The molecule has 2 aliphatic rings. The molecule has 2 heterocycles. The smallest absolute Gasteiger partial charge is 0.275 e. The molecule has 0 atom stereocenters. The third-order valence-corrected chi connectivity index (χ3v) is 4.46. The van der Waals surface area contributed by atoms with Crippen LogP contribution in [0.4, 0.5) is 5.69 Å². The van der Waals surface area contributed by atoms with E-state index in [2.05, 4.69) is 4.90 Å². The highest BCUT2D eigenvalue weighted by Crippen LogP contribution is 2.33. The summed E-state index contributed by atoms with van der Waals surface area (Å²) in [5.41, 5.74) is 0.657. The molecule has 3 rings (SSSR count). The monoisotopic (exact) mass is 312 g/mol. The average molecular weight is 313 g/mol. The van der Waals surface area contributed by atoms with Gasteiger partial charge in [0.05, 0.1) is 28.7 Å². The number of piperidine rings is 1. The molecule has 0 aromatic heterocycles. The van der Waals surface area contributed by atoms with Gasteiger partial charge in [0.25, 0.3) is 5.69 Å². The second-order valence-electron chi connectivity index (χ2n) is 5.38. The zero-order valence-corrected chi connectivity index (χ0v) is 12.3. The van der Waals surface area contributed by atoms with Gasteiger partial charge in [-0.3, -0.25) is 15.0 Å². The predicted octanol–water partition coefficient (Wildman–Crippen LogP) is 2.59. The molecule has 2 fully saturated rings. The number of likely N-dealkylation sites (tertiary alicyclic amines) is 1. The second kappa shape index (κ2) is 5.88. The van der Waals surface area contributed by atoms with Gasteiger partial charge in [-0.2, -0.15) is 0 Å². The molecule has 1 aromatic carbocycles. The zero-order chi connectivity index (χ0) is 14.9. The Kier molecular flexibility index (Phi) is 4.12. The average Bonchev–Trinajstić information content (AvgIpc) is 2.92. The van der Waals surface area contributed by atoms with Crippen molar-refractivity contribution >= 4 is 17.3 Å².